The lowest BCUT2D eigenvalue weighted by molar-refractivity contribution is -0.118. The highest BCUT2D eigenvalue weighted by Gasteiger charge is 2.41. The quantitative estimate of drug-likeness (QED) is 0.0968. The SMILES string of the molecule is Cc1nn(-c2ccnc(Nc3ccc4c(c3)c(C(=O)C3CC3)cn4CN3C=CC(n4cc(CN5C[C@H](O)CO5)c(C)n4)N=C3Nc3ccc4c(c3)c(C(=O)C(F)(F)F)cn4C)n2)cc1CN1C[C@H](O)CO1. The molecule has 11 rings (SSSR count). The lowest BCUT2D eigenvalue weighted by atomic mass is 10.1. The van der Waals surface area contributed by atoms with Crippen LogP contribution in [0.3, 0.4) is 0 Å². The highest BCUT2D eigenvalue weighted by atomic mass is 19.4. The van der Waals surface area contributed by atoms with E-state index in [1.54, 1.807) is 50.9 Å². The molecular formula is C48H49F3N14O6. The fourth-order valence-corrected chi connectivity index (χ4v) is 9.12. The molecule has 1 aliphatic carbocycles. The Morgan fingerprint density at radius 1 is 0.817 bits per heavy atom. The third-order valence-electron chi connectivity index (χ3n) is 13.0. The molecule has 8 heterocycles. The molecular weight excluding hydrogens is 926 g/mol. The van der Waals surface area contributed by atoms with Crippen molar-refractivity contribution in [2.45, 2.75) is 71.0 Å². The summed E-state index contributed by atoms with van der Waals surface area (Å²) in [5.41, 5.74) is 5.60. The predicted molar refractivity (Wildman–Crippen MR) is 252 cm³/mol. The second-order valence-electron chi connectivity index (χ2n) is 18.4. The third kappa shape index (κ3) is 9.42. The lowest BCUT2D eigenvalue weighted by Gasteiger charge is -2.29. The highest BCUT2D eigenvalue weighted by molar-refractivity contribution is 6.12. The van der Waals surface area contributed by atoms with Crippen LogP contribution in [0.25, 0.3) is 27.6 Å². The summed E-state index contributed by atoms with van der Waals surface area (Å²) in [4.78, 5) is 53.8. The maximum absolute atomic E-state index is 14.0. The molecule has 2 aromatic carbocycles. The van der Waals surface area contributed by atoms with Gasteiger partial charge in [0.05, 0.1) is 74.1 Å². The van der Waals surface area contributed by atoms with Crippen LogP contribution in [0.15, 0.2) is 90.7 Å². The molecule has 20 nitrogen and oxygen atoms in total. The number of rotatable bonds is 14. The lowest BCUT2D eigenvalue weighted by Crippen LogP contribution is -2.36. The monoisotopic (exact) mass is 974 g/mol. The first kappa shape index (κ1) is 46.1. The number of β-amino-alcohol motifs (C(OH)–C–C–N with tert-alkyl or cyclic N) is 2. The number of hydrogen-bond acceptors (Lipinski definition) is 16. The summed E-state index contributed by atoms with van der Waals surface area (Å²) in [6.45, 7) is 6.00. The van der Waals surface area contributed by atoms with Crippen molar-refractivity contribution in [3.63, 3.8) is 0 Å². The molecule has 1 unspecified atom stereocenters. The molecule has 2 saturated heterocycles. The maximum atomic E-state index is 14.0. The van der Waals surface area contributed by atoms with Gasteiger partial charge < -0.3 is 34.9 Å². The number of aliphatic hydroxyl groups excluding tert-OH is 2. The van der Waals surface area contributed by atoms with Gasteiger partial charge in [-0.3, -0.25) is 19.3 Å². The normalized spacial score (nSPS) is 19.9. The second kappa shape index (κ2) is 18.2. The number of aliphatic hydroxyl groups is 2. The van der Waals surface area contributed by atoms with Crippen molar-refractivity contribution in [1.82, 2.24) is 53.7 Å². The van der Waals surface area contributed by atoms with E-state index < -0.39 is 35.9 Å². The number of hydrogen-bond donors (Lipinski definition) is 4. The number of fused-ring (bicyclic) bond motifs is 2. The van der Waals surface area contributed by atoms with Gasteiger partial charge in [-0.25, -0.2) is 19.3 Å². The van der Waals surface area contributed by atoms with Gasteiger partial charge in [0, 0.05) is 101 Å². The number of alkyl halides is 3. The maximum Gasteiger partial charge on any atom is 0.454 e. The molecule has 71 heavy (non-hydrogen) atoms. The molecule has 1 saturated carbocycles. The minimum atomic E-state index is -5.07. The van der Waals surface area contributed by atoms with Crippen LogP contribution in [0.2, 0.25) is 0 Å². The Balaban J connectivity index is 0.897. The number of aromatic nitrogens is 8. The standard InChI is InChI=1S/C48H49F3N14O6/c1-27-30(16-62-20-34(66)24-70-62)18-64(57-27)42-10-12-52-46(55-42)53-32-7-9-41-36(14-32)38(44(68)29-4-5-29)23-61(41)26-60-13-11-43(65-19-31(28(2)58-65)17-63-21-35(67)25-71-63)56-47(60)54-33-6-8-40-37(15-33)39(22-59(40)3)45(69)48(49,50)51/h6-15,18-19,22-23,29,34-35,43,66-67H,4-5,16-17,20-21,24-26H2,1-3H3,(H,54,56)(H,52,53,55)/t34-,35-,43?/m0/s1. The third-order valence-corrected chi connectivity index (χ3v) is 13.0. The van der Waals surface area contributed by atoms with Crippen molar-refractivity contribution in [2.75, 3.05) is 36.9 Å². The van der Waals surface area contributed by atoms with Crippen molar-refractivity contribution >= 4 is 56.7 Å². The zero-order valence-corrected chi connectivity index (χ0v) is 38.8. The fraction of sp³-hybridized carbons (Fsp3) is 0.354. The van der Waals surface area contributed by atoms with Crippen LogP contribution >= 0.6 is 0 Å². The minimum Gasteiger partial charge on any atom is -0.389 e. The van der Waals surface area contributed by atoms with Gasteiger partial charge in [0.15, 0.2) is 17.8 Å². The average molecular weight is 975 g/mol. The van der Waals surface area contributed by atoms with Gasteiger partial charge in [-0.05, 0) is 69.2 Å². The molecule has 3 atom stereocenters. The van der Waals surface area contributed by atoms with Crippen LogP contribution in [0, 0.1) is 19.8 Å². The van der Waals surface area contributed by atoms with E-state index >= 15 is 0 Å². The molecule has 23 heteroatoms. The molecule has 0 radical (unpaired) electrons. The minimum absolute atomic E-state index is 0.0307. The average Bonchev–Trinajstić information content (AvgIpc) is 3.74. The number of anilines is 3. The number of hydroxylamine groups is 4. The number of halogens is 3. The van der Waals surface area contributed by atoms with Crippen LogP contribution in [0.1, 0.15) is 62.2 Å². The largest absolute Gasteiger partial charge is 0.454 e. The Kier molecular flexibility index (Phi) is 11.8. The van der Waals surface area contributed by atoms with Gasteiger partial charge in [-0.2, -0.15) is 38.5 Å². The summed E-state index contributed by atoms with van der Waals surface area (Å²) >= 11 is 0. The zero-order valence-electron chi connectivity index (χ0n) is 38.8. The number of carbonyl (C=O) groups is 2. The van der Waals surface area contributed by atoms with Gasteiger partial charge >= 0.3 is 6.18 Å². The van der Waals surface area contributed by atoms with Crippen molar-refractivity contribution < 1.29 is 42.6 Å². The van der Waals surface area contributed by atoms with E-state index in [1.807, 2.05) is 72.4 Å². The number of Topliss-reactive ketones (excluding diaryl/α,β-unsaturated/α-hetero) is 2. The molecule has 3 fully saturated rings. The van der Waals surface area contributed by atoms with Gasteiger partial charge in [-0.15, -0.1) is 0 Å². The Bertz CT molecular complexity index is 3280. The van der Waals surface area contributed by atoms with Crippen molar-refractivity contribution in [1.29, 1.82) is 0 Å². The Hall–Kier alpha value is -7.28. The molecule has 3 aliphatic heterocycles. The van der Waals surface area contributed by atoms with Crippen LogP contribution in [0.4, 0.5) is 30.5 Å². The summed E-state index contributed by atoms with van der Waals surface area (Å²) in [5, 5.41) is 40.2. The van der Waals surface area contributed by atoms with Crippen molar-refractivity contribution in [3.8, 4) is 5.82 Å². The summed E-state index contributed by atoms with van der Waals surface area (Å²) in [7, 11) is 1.58. The first-order valence-electron chi connectivity index (χ1n) is 23.1. The van der Waals surface area contributed by atoms with Crippen molar-refractivity contribution in [2.24, 2.45) is 18.0 Å². The van der Waals surface area contributed by atoms with E-state index in [0.717, 1.165) is 40.9 Å². The second-order valence-corrected chi connectivity index (χ2v) is 18.4. The summed E-state index contributed by atoms with van der Waals surface area (Å²) in [5.74, 6) is -0.854. The Morgan fingerprint density at radius 3 is 2.15 bits per heavy atom. The van der Waals surface area contributed by atoms with Crippen molar-refractivity contribution in [3.05, 3.63) is 119 Å². The number of aliphatic imine (C=N–C) groups is 1. The smallest absolute Gasteiger partial charge is 0.389 e. The first-order valence-corrected chi connectivity index (χ1v) is 23.1. The summed E-state index contributed by atoms with van der Waals surface area (Å²) < 4.78 is 48.1. The predicted octanol–water partition coefficient (Wildman–Crippen LogP) is 5.67. The van der Waals surface area contributed by atoms with Gasteiger partial charge in [0.25, 0.3) is 5.78 Å². The number of aryl methyl sites for hydroxylation is 3. The van der Waals surface area contributed by atoms with Crippen LogP contribution in [-0.2, 0) is 36.5 Å². The van der Waals surface area contributed by atoms with Crippen LogP contribution in [0.5, 0.6) is 0 Å². The zero-order chi connectivity index (χ0) is 49.3. The Labute approximate surface area is 403 Å². The van der Waals surface area contributed by atoms with E-state index in [2.05, 4.69) is 20.7 Å². The first-order chi connectivity index (χ1) is 34.1. The topological polar surface area (TPSA) is 210 Å². The number of nitrogens with one attached hydrogen (secondary N) is 2. The summed E-state index contributed by atoms with van der Waals surface area (Å²) in [6, 6.07) is 12.3. The Morgan fingerprint density at radius 2 is 1.48 bits per heavy atom. The van der Waals surface area contributed by atoms with E-state index in [0.29, 0.717) is 71.7 Å². The summed E-state index contributed by atoms with van der Waals surface area (Å²) in [6.07, 6.45) is 6.81. The van der Waals surface area contributed by atoms with Crippen LogP contribution < -0.4 is 10.6 Å². The molecule has 368 valence electrons. The van der Waals surface area contributed by atoms with E-state index in [-0.39, 0.29) is 37.0 Å². The van der Waals surface area contributed by atoms with E-state index in [9.17, 15) is 33.0 Å². The van der Waals surface area contributed by atoms with Gasteiger partial charge in [0.1, 0.15) is 6.67 Å². The van der Waals surface area contributed by atoms with Crippen LogP contribution in [-0.4, -0.2) is 126 Å². The number of benzene rings is 2. The number of ketones is 2. The van der Waals surface area contributed by atoms with Gasteiger partial charge in [0.2, 0.25) is 11.9 Å². The molecule has 0 amide bonds. The fourth-order valence-electron chi connectivity index (χ4n) is 9.12. The number of carbonyl (C=O) groups excluding carboxylic acids is 2. The number of guanidine groups is 1. The molecule has 0 bridgehead atoms. The molecule has 5 aromatic heterocycles. The van der Waals surface area contributed by atoms with Gasteiger partial charge in [-0.1, -0.05) is 0 Å². The van der Waals surface area contributed by atoms with E-state index in [4.69, 9.17) is 24.8 Å². The highest BCUT2D eigenvalue weighted by Crippen LogP contribution is 2.37. The molecule has 4 N–H and O–H groups in total. The molecule has 0 spiro atoms. The molecule has 7 aromatic rings. The number of nitrogens with zero attached hydrogens (tertiary/aromatic N) is 12. The molecule has 4 aliphatic rings. The van der Waals surface area contributed by atoms with E-state index in [1.165, 1.54) is 16.8 Å².